The number of amides is 2. The number of carbonyl (C=O) groups is 3. The molecule has 34 heavy (non-hydrogen) atoms. The molecule has 0 unspecified atom stereocenters. The molecule has 7 nitrogen and oxygen atoms in total. The number of fused-ring (bicyclic) bond motifs is 1. The molecule has 8 heteroatoms. The van der Waals surface area contributed by atoms with Gasteiger partial charge < -0.3 is 19.9 Å². The fourth-order valence-electron chi connectivity index (χ4n) is 5.38. The van der Waals surface area contributed by atoms with Gasteiger partial charge in [-0.15, -0.1) is 0 Å². The number of nitrogens with zero attached hydrogens (tertiary/aromatic N) is 2. The zero-order valence-corrected chi connectivity index (χ0v) is 21.5. The zero-order valence-electron chi connectivity index (χ0n) is 20.7. The topological polar surface area (TPSA) is 79.0 Å². The Labute approximate surface area is 207 Å². The molecule has 0 aliphatic carbocycles. The minimum Gasteiger partial charge on any atom is -0.367 e. The summed E-state index contributed by atoms with van der Waals surface area (Å²) in [5.74, 6) is -0.00928. The molecular weight excluding hydrogens is 450 g/mol. The first-order chi connectivity index (χ1) is 16.3. The Hall–Kier alpha value is -1.90. The fourth-order valence-corrected chi connectivity index (χ4v) is 6.19. The molecule has 3 fully saturated rings. The average molecular weight is 488 g/mol. The van der Waals surface area contributed by atoms with Crippen LogP contribution in [0.3, 0.4) is 0 Å². The van der Waals surface area contributed by atoms with Crippen molar-refractivity contribution in [2.45, 2.75) is 62.5 Å². The van der Waals surface area contributed by atoms with Crippen molar-refractivity contribution in [1.29, 1.82) is 0 Å². The first-order valence-corrected chi connectivity index (χ1v) is 13.7. The van der Waals surface area contributed by atoms with Crippen molar-refractivity contribution in [1.82, 2.24) is 15.1 Å². The minimum absolute atomic E-state index is 0.0476. The van der Waals surface area contributed by atoms with E-state index in [2.05, 4.69) is 17.3 Å². The third-order valence-corrected chi connectivity index (χ3v) is 8.88. The first kappa shape index (κ1) is 25.2. The Morgan fingerprint density at radius 3 is 2.50 bits per heavy atom. The molecule has 0 spiro atoms. The summed E-state index contributed by atoms with van der Waals surface area (Å²) in [4.78, 5) is 43.3. The van der Waals surface area contributed by atoms with E-state index in [1.54, 1.807) is 16.7 Å². The lowest BCUT2D eigenvalue weighted by atomic mass is 9.89. The van der Waals surface area contributed by atoms with Crippen LogP contribution in [-0.4, -0.2) is 90.4 Å². The number of ether oxygens (including phenoxy) is 1. The van der Waals surface area contributed by atoms with E-state index in [0.717, 1.165) is 32.4 Å². The van der Waals surface area contributed by atoms with Crippen molar-refractivity contribution in [2.24, 2.45) is 5.92 Å². The lowest BCUT2D eigenvalue weighted by Gasteiger charge is -2.30. The molecule has 2 amide bonds. The number of carbonyl (C=O) groups excluding carboxylic acids is 3. The maximum absolute atomic E-state index is 13.6. The highest BCUT2D eigenvalue weighted by atomic mass is 32.2. The van der Waals surface area contributed by atoms with E-state index in [4.69, 9.17) is 4.74 Å². The van der Waals surface area contributed by atoms with E-state index in [0.29, 0.717) is 18.0 Å². The number of hydrogen-bond donors (Lipinski definition) is 1. The molecule has 1 N–H and O–H groups in total. The number of rotatable bonds is 7. The van der Waals surface area contributed by atoms with Gasteiger partial charge in [0, 0.05) is 12.1 Å². The fraction of sp³-hybridized carbons (Fsp3) is 0.654. The summed E-state index contributed by atoms with van der Waals surface area (Å²) in [5, 5.41) is 3.07. The maximum atomic E-state index is 13.6. The van der Waals surface area contributed by atoms with Gasteiger partial charge in [0.1, 0.15) is 18.7 Å². The molecule has 0 radical (unpaired) electrons. The summed E-state index contributed by atoms with van der Waals surface area (Å²) in [6, 6.07) is 6.61. The van der Waals surface area contributed by atoms with Crippen molar-refractivity contribution in [3.8, 4) is 0 Å². The van der Waals surface area contributed by atoms with Crippen LogP contribution >= 0.6 is 11.8 Å². The van der Waals surface area contributed by atoms with Crippen LogP contribution in [0, 0.1) is 5.92 Å². The summed E-state index contributed by atoms with van der Waals surface area (Å²) in [7, 11) is 2.15. The Morgan fingerprint density at radius 2 is 1.88 bits per heavy atom. The molecule has 1 aromatic rings. The van der Waals surface area contributed by atoms with Crippen LogP contribution in [0.25, 0.3) is 0 Å². The monoisotopic (exact) mass is 487 g/mol. The SMILES string of the molecule is CC[C@H](C)[C@H](NC(=O)c1ccc(C2CCN(C)CC2)cc1)C(=O)N1C[C@H](SC)[C@H]2OCC(=O)[C@H]21. The van der Waals surface area contributed by atoms with Gasteiger partial charge in [-0.3, -0.25) is 14.4 Å². The van der Waals surface area contributed by atoms with Gasteiger partial charge in [0.2, 0.25) is 5.91 Å². The molecule has 0 saturated carbocycles. The predicted octanol–water partition coefficient (Wildman–Crippen LogP) is 2.55. The molecule has 5 atom stereocenters. The van der Waals surface area contributed by atoms with Crippen molar-refractivity contribution < 1.29 is 19.1 Å². The van der Waals surface area contributed by atoms with Crippen molar-refractivity contribution in [3.63, 3.8) is 0 Å². The number of benzene rings is 1. The number of Topliss-reactive ketones (excluding diaryl/α,β-unsaturated/α-hetero) is 1. The largest absolute Gasteiger partial charge is 0.367 e. The van der Waals surface area contributed by atoms with Crippen molar-refractivity contribution in [3.05, 3.63) is 35.4 Å². The molecule has 4 rings (SSSR count). The van der Waals surface area contributed by atoms with Gasteiger partial charge in [0.15, 0.2) is 5.78 Å². The molecule has 186 valence electrons. The Kier molecular flexibility index (Phi) is 8.00. The highest BCUT2D eigenvalue weighted by Crippen LogP contribution is 2.34. The molecule has 3 saturated heterocycles. The molecule has 0 bridgehead atoms. The van der Waals surface area contributed by atoms with Crippen LogP contribution in [0.2, 0.25) is 0 Å². The lowest BCUT2D eigenvalue weighted by molar-refractivity contribution is -0.139. The van der Waals surface area contributed by atoms with Gasteiger partial charge in [-0.2, -0.15) is 11.8 Å². The highest BCUT2D eigenvalue weighted by Gasteiger charge is 2.53. The van der Waals surface area contributed by atoms with Crippen LogP contribution in [0.1, 0.15) is 54.9 Å². The van der Waals surface area contributed by atoms with Crippen molar-refractivity contribution in [2.75, 3.05) is 39.5 Å². The second-order valence-electron chi connectivity index (χ2n) is 9.99. The number of ketones is 1. The van der Waals surface area contributed by atoms with E-state index in [9.17, 15) is 14.4 Å². The van der Waals surface area contributed by atoms with Crippen molar-refractivity contribution >= 4 is 29.4 Å². The third kappa shape index (κ3) is 5.04. The number of piperidine rings is 1. The summed E-state index contributed by atoms with van der Waals surface area (Å²) in [6.45, 7) is 6.69. The Morgan fingerprint density at radius 1 is 1.21 bits per heavy atom. The van der Waals surface area contributed by atoms with Gasteiger partial charge in [-0.1, -0.05) is 32.4 Å². The number of thioether (sulfide) groups is 1. The molecule has 3 aliphatic rings. The van der Waals surface area contributed by atoms with E-state index in [1.165, 1.54) is 5.56 Å². The normalized spacial score (nSPS) is 27.5. The van der Waals surface area contributed by atoms with Gasteiger partial charge in [-0.05, 0) is 68.8 Å². The predicted molar refractivity (Wildman–Crippen MR) is 134 cm³/mol. The van der Waals surface area contributed by atoms with E-state index >= 15 is 0 Å². The molecule has 3 aliphatic heterocycles. The average Bonchev–Trinajstić information content (AvgIpc) is 3.42. The number of hydrogen-bond acceptors (Lipinski definition) is 6. The van der Waals surface area contributed by atoms with E-state index in [1.807, 2.05) is 44.4 Å². The summed E-state index contributed by atoms with van der Waals surface area (Å²) >= 11 is 1.62. The van der Waals surface area contributed by atoms with Gasteiger partial charge in [0.05, 0.1) is 11.4 Å². The van der Waals surface area contributed by atoms with Gasteiger partial charge >= 0.3 is 0 Å². The Bertz CT molecular complexity index is 900. The number of likely N-dealkylation sites (tertiary alicyclic amines) is 2. The third-order valence-electron chi connectivity index (χ3n) is 7.85. The molecular formula is C26H37N3O4S. The quantitative estimate of drug-likeness (QED) is 0.637. The van der Waals surface area contributed by atoms with Crippen LogP contribution in [0.4, 0.5) is 0 Å². The van der Waals surface area contributed by atoms with Crippen LogP contribution in [0.5, 0.6) is 0 Å². The first-order valence-electron chi connectivity index (χ1n) is 12.4. The minimum atomic E-state index is -0.680. The lowest BCUT2D eigenvalue weighted by Crippen LogP contribution is -2.54. The van der Waals surface area contributed by atoms with E-state index in [-0.39, 0.29) is 41.5 Å². The summed E-state index contributed by atoms with van der Waals surface area (Å²) in [6.07, 6.45) is 4.72. The highest BCUT2D eigenvalue weighted by molar-refractivity contribution is 7.99. The Balaban J connectivity index is 1.46. The van der Waals surface area contributed by atoms with Crippen LogP contribution in [-0.2, 0) is 14.3 Å². The van der Waals surface area contributed by atoms with Crippen LogP contribution in [0.15, 0.2) is 24.3 Å². The van der Waals surface area contributed by atoms with Gasteiger partial charge in [0.25, 0.3) is 5.91 Å². The summed E-state index contributed by atoms with van der Waals surface area (Å²) in [5.41, 5.74) is 1.82. The second kappa shape index (κ2) is 10.8. The molecule has 3 heterocycles. The van der Waals surface area contributed by atoms with Gasteiger partial charge in [-0.25, -0.2) is 0 Å². The second-order valence-corrected chi connectivity index (χ2v) is 11.1. The van der Waals surface area contributed by atoms with Crippen LogP contribution < -0.4 is 5.32 Å². The van der Waals surface area contributed by atoms with E-state index < -0.39 is 12.1 Å². The maximum Gasteiger partial charge on any atom is 0.251 e. The molecule has 1 aromatic carbocycles. The smallest absolute Gasteiger partial charge is 0.251 e. The zero-order chi connectivity index (χ0) is 24.4. The standard InChI is InChI=1S/C26H37N3O4S/c1-5-16(2)22(26(32)29-14-21(34-4)24-23(29)20(30)15-33-24)27-25(31)19-8-6-17(7-9-19)18-10-12-28(3)13-11-18/h6-9,16,18,21-24H,5,10-15H2,1-4H3,(H,27,31)/t16-,21-,22-,23+,24+/m0/s1. The summed E-state index contributed by atoms with van der Waals surface area (Å²) < 4.78 is 5.70. The number of nitrogens with one attached hydrogen (secondary N) is 1. The molecule has 0 aromatic heterocycles.